The highest BCUT2D eigenvalue weighted by molar-refractivity contribution is 5.95. The first kappa shape index (κ1) is 15.0. The number of rotatable bonds is 2. The van der Waals surface area contributed by atoms with Gasteiger partial charge in [0.05, 0.1) is 6.61 Å². The van der Waals surface area contributed by atoms with E-state index in [4.69, 9.17) is 4.74 Å². The lowest BCUT2D eigenvalue weighted by atomic mass is 10.1. The van der Waals surface area contributed by atoms with E-state index in [1.54, 1.807) is 0 Å². The topological polar surface area (TPSA) is 50.4 Å². The van der Waals surface area contributed by atoms with Crippen molar-refractivity contribution in [2.75, 3.05) is 25.0 Å². The Morgan fingerprint density at radius 2 is 2.22 bits per heavy atom. The largest absolute Gasteiger partial charge is 0.366 e. The van der Waals surface area contributed by atoms with Crippen molar-refractivity contribution in [3.63, 3.8) is 0 Å². The minimum Gasteiger partial charge on any atom is -0.366 e. The molecule has 0 bridgehead atoms. The minimum atomic E-state index is -0.385. The molecule has 2 rings (SSSR count). The molecule has 0 spiro atoms. The molecule has 1 fully saturated rings. The maximum atomic E-state index is 12.0. The molecule has 5 heteroatoms. The molecule has 1 atom stereocenters. The van der Waals surface area contributed by atoms with Crippen LogP contribution in [0.1, 0.15) is 11.1 Å². The van der Waals surface area contributed by atoms with Crippen LogP contribution in [0.2, 0.25) is 0 Å². The fourth-order valence-corrected chi connectivity index (χ4v) is 1.82. The van der Waals surface area contributed by atoms with Crippen molar-refractivity contribution in [2.45, 2.75) is 20.0 Å². The van der Waals surface area contributed by atoms with Gasteiger partial charge in [0.2, 0.25) is 0 Å². The third-order valence-corrected chi connectivity index (χ3v) is 2.87. The first-order valence-corrected chi connectivity index (χ1v) is 5.87. The van der Waals surface area contributed by atoms with Gasteiger partial charge in [-0.05, 0) is 31.0 Å². The Kier molecular flexibility index (Phi) is 5.59. The summed E-state index contributed by atoms with van der Waals surface area (Å²) < 4.78 is 5.41. The van der Waals surface area contributed by atoms with Crippen molar-refractivity contribution < 1.29 is 9.53 Å². The quantitative estimate of drug-likeness (QED) is 0.859. The Labute approximate surface area is 114 Å². The molecule has 100 valence electrons. The van der Waals surface area contributed by atoms with E-state index in [1.165, 1.54) is 0 Å². The Bertz CT molecular complexity index is 417. The second-order valence-corrected chi connectivity index (χ2v) is 4.37. The Morgan fingerprint density at radius 1 is 1.44 bits per heavy atom. The van der Waals surface area contributed by atoms with Crippen molar-refractivity contribution in [2.24, 2.45) is 0 Å². The number of carbonyl (C=O) groups is 1. The second-order valence-electron chi connectivity index (χ2n) is 4.37. The molecule has 1 heterocycles. The fourth-order valence-electron chi connectivity index (χ4n) is 1.82. The number of nitrogens with one attached hydrogen (secondary N) is 2. The van der Waals surface area contributed by atoms with Gasteiger partial charge in [0.25, 0.3) is 5.91 Å². The van der Waals surface area contributed by atoms with Gasteiger partial charge in [-0.15, -0.1) is 12.4 Å². The van der Waals surface area contributed by atoms with Gasteiger partial charge in [-0.2, -0.15) is 0 Å². The maximum Gasteiger partial charge on any atom is 0.254 e. The molecule has 0 aliphatic carbocycles. The van der Waals surface area contributed by atoms with Gasteiger partial charge in [-0.25, -0.2) is 0 Å². The first-order valence-electron chi connectivity index (χ1n) is 5.87. The molecular weight excluding hydrogens is 252 g/mol. The van der Waals surface area contributed by atoms with Crippen LogP contribution in [0.15, 0.2) is 18.2 Å². The summed E-state index contributed by atoms with van der Waals surface area (Å²) in [5.41, 5.74) is 3.06. The summed E-state index contributed by atoms with van der Waals surface area (Å²) in [5, 5.41) is 6.06. The molecule has 1 aliphatic heterocycles. The Balaban J connectivity index is 0.00000162. The molecule has 0 saturated carbocycles. The lowest BCUT2D eigenvalue weighted by Crippen LogP contribution is -2.45. The Morgan fingerprint density at radius 3 is 2.89 bits per heavy atom. The zero-order valence-electron chi connectivity index (χ0n) is 10.7. The summed E-state index contributed by atoms with van der Waals surface area (Å²) in [4.78, 5) is 12.0. The second kappa shape index (κ2) is 6.73. The van der Waals surface area contributed by atoms with E-state index in [0.717, 1.165) is 23.4 Å². The van der Waals surface area contributed by atoms with Gasteiger partial charge in [0.15, 0.2) is 0 Å². The molecule has 1 aromatic rings. The maximum absolute atomic E-state index is 12.0. The number of amides is 1. The average Bonchev–Trinajstić information content (AvgIpc) is 2.35. The van der Waals surface area contributed by atoms with Gasteiger partial charge in [-0.1, -0.05) is 12.1 Å². The van der Waals surface area contributed by atoms with E-state index in [-0.39, 0.29) is 24.4 Å². The third-order valence-electron chi connectivity index (χ3n) is 2.87. The highest BCUT2D eigenvalue weighted by atomic mass is 35.5. The summed E-state index contributed by atoms with van der Waals surface area (Å²) in [6, 6.07) is 6.01. The van der Waals surface area contributed by atoms with Gasteiger partial charge >= 0.3 is 0 Å². The summed E-state index contributed by atoms with van der Waals surface area (Å²) in [5.74, 6) is -0.0779. The summed E-state index contributed by atoms with van der Waals surface area (Å²) in [6.45, 7) is 5.97. The predicted molar refractivity (Wildman–Crippen MR) is 74.4 cm³/mol. The predicted octanol–water partition coefficient (Wildman–Crippen LogP) is 1.65. The average molecular weight is 271 g/mol. The van der Waals surface area contributed by atoms with E-state index in [1.807, 2.05) is 32.0 Å². The molecule has 18 heavy (non-hydrogen) atoms. The Hall–Kier alpha value is -1.10. The zero-order valence-corrected chi connectivity index (χ0v) is 11.5. The van der Waals surface area contributed by atoms with E-state index in [2.05, 4.69) is 10.6 Å². The van der Waals surface area contributed by atoms with E-state index in [0.29, 0.717) is 13.2 Å². The van der Waals surface area contributed by atoms with Gasteiger partial charge in [-0.3, -0.25) is 4.79 Å². The summed E-state index contributed by atoms with van der Waals surface area (Å²) in [6.07, 6.45) is -0.385. The summed E-state index contributed by atoms with van der Waals surface area (Å²) >= 11 is 0. The molecule has 1 aromatic carbocycles. The van der Waals surface area contributed by atoms with Crippen LogP contribution >= 0.6 is 12.4 Å². The van der Waals surface area contributed by atoms with Crippen LogP contribution in [0.25, 0.3) is 0 Å². The van der Waals surface area contributed by atoms with Crippen LogP contribution in [-0.2, 0) is 9.53 Å². The monoisotopic (exact) mass is 270 g/mol. The number of hydrogen-bond donors (Lipinski definition) is 2. The van der Waals surface area contributed by atoms with Crippen LogP contribution in [0.5, 0.6) is 0 Å². The van der Waals surface area contributed by atoms with Crippen molar-refractivity contribution in [3.8, 4) is 0 Å². The SMILES string of the molecule is Cc1ccc(C)c(NC(=O)C2CNCCO2)c1.Cl. The van der Waals surface area contributed by atoms with Crippen LogP contribution in [0.3, 0.4) is 0 Å². The molecule has 2 N–H and O–H groups in total. The number of hydrogen-bond acceptors (Lipinski definition) is 3. The van der Waals surface area contributed by atoms with Gasteiger partial charge < -0.3 is 15.4 Å². The highest BCUT2D eigenvalue weighted by Crippen LogP contribution is 2.16. The van der Waals surface area contributed by atoms with Crippen LogP contribution in [0, 0.1) is 13.8 Å². The first-order chi connectivity index (χ1) is 8.16. The molecule has 0 radical (unpaired) electrons. The number of benzene rings is 1. The lowest BCUT2D eigenvalue weighted by Gasteiger charge is -2.23. The number of carbonyl (C=O) groups excluding carboxylic acids is 1. The molecule has 4 nitrogen and oxygen atoms in total. The normalized spacial score (nSPS) is 18.9. The molecule has 1 saturated heterocycles. The number of anilines is 1. The van der Waals surface area contributed by atoms with Gasteiger partial charge in [0, 0.05) is 18.8 Å². The number of morpholine rings is 1. The molecule has 0 aromatic heterocycles. The number of aryl methyl sites for hydroxylation is 2. The molecule has 1 amide bonds. The van der Waals surface area contributed by atoms with E-state index in [9.17, 15) is 4.79 Å². The highest BCUT2D eigenvalue weighted by Gasteiger charge is 2.21. The smallest absolute Gasteiger partial charge is 0.254 e. The molecule has 1 aliphatic rings. The van der Waals surface area contributed by atoms with Crippen LogP contribution in [0.4, 0.5) is 5.69 Å². The fraction of sp³-hybridized carbons (Fsp3) is 0.462. The molecule has 1 unspecified atom stereocenters. The van der Waals surface area contributed by atoms with E-state index < -0.39 is 0 Å². The minimum absolute atomic E-state index is 0. The van der Waals surface area contributed by atoms with E-state index >= 15 is 0 Å². The van der Waals surface area contributed by atoms with Crippen molar-refractivity contribution in [1.29, 1.82) is 0 Å². The lowest BCUT2D eigenvalue weighted by molar-refractivity contribution is -0.128. The van der Waals surface area contributed by atoms with Crippen molar-refractivity contribution in [3.05, 3.63) is 29.3 Å². The number of halogens is 1. The standard InChI is InChI=1S/C13H18N2O2.ClH/c1-9-3-4-10(2)11(7-9)15-13(16)12-8-14-5-6-17-12;/h3-4,7,12,14H,5-6,8H2,1-2H3,(H,15,16);1H. The van der Waals surface area contributed by atoms with Gasteiger partial charge in [0.1, 0.15) is 6.10 Å². The number of ether oxygens (including phenoxy) is 1. The van der Waals surface area contributed by atoms with Crippen molar-refractivity contribution >= 4 is 24.0 Å². The summed E-state index contributed by atoms with van der Waals surface area (Å²) in [7, 11) is 0. The zero-order chi connectivity index (χ0) is 12.3. The third kappa shape index (κ3) is 3.70. The van der Waals surface area contributed by atoms with Crippen LogP contribution < -0.4 is 10.6 Å². The molecular formula is C13H19ClN2O2. The van der Waals surface area contributed by atoms with Crippen LogP contribution in [-0.4, -0.2) is 31.7 Å². The van der Waals surface area contributed by atoms with Crippen molar-refractivity contribution in [1.82, 2.24) is 5.32 Å².